The van der Waals surface area contributed by atoms with E-state index < -0.39 is 17.7 Å². The van der Waals surface area contributed by atoms with Gasteiger partial charge in [-0.2, -0.15) is 0 Å². The van der Waals surface area contributed by atoms with Crippen LogP contribution in [0.2, 0.25) is 0 Å². The lowest BCUT2D eigenvalue weighted by atomic mass is 9.95. The van der Waals surface area contributed by atoms with Crippen molar-refractivity contribution in [2.45, 2.75) is 32.2 Å². The van der Waals surface area contributed by atoms with Crippen molar-refractivity contribution < 1.29 is 28.9 Å². The summed E-state index contributed by atoms with van der Waals surface area (Å²) in [5.41, 5.74) is 1.27. The minimum atomic E-state index is -0.707. The van der Waals surface area contributed by atoms with Crippen molar-refractivity contribution in [2.75, 3.05) is 53.1 Å². The number of Topliss-reactive ketones (excluding diaryl/α,β-unsaturated/α-hetero) is 1. The lowest BCUT2D eigenvalue weighted by Crippen LogP contribution is -2.38. The smallest absolute Gasteiger partial charge is 0.295 e. The molecule has 1 amide bonds. The molecule has 0 radical (unpaired) electrons. The van der Waals surface area contributed by atoms with E-state index in [-0.39, 0.29) is 11.3 Å². The summed E-state index contributed by atoms with van der Waals surface area (Å²) < 4.78 is 16.5. The van der Waals surface area contributed by atoms with Gasteiger partial charge >= 0.3 is 0 Å². The number of carbonyl (C=O) groups is 2. The van der Waals surface area contributed by atoms with Crippen LogP contribution in [0.25, 0.3) is 5.76 Å². The van der Waals surface area contributed by atoms with E-state index in [1.807, 2.05) is 24.3 Å². The Balaban J connectivity index is 1.66. The highest BCUT2D eigenvalue weighted by Gasteiger charge is 2.46. The molecule has 2 saturated heterocycles. The number of aliphatic hydroxyl groups is 1. The van der Waals surface area contributed by atoms with E-state index >= 15 is 0 Å². The molecule has 37 heavy (non-hydrogen) atoms. The Hall–Kier alpha value is -3.36. The van der Waals surface area contributed by atoms with Crippen LogP contribution in [-0.2, 0) is 14.3 Å². The Kier molecular flexibility index (Phi) is 9.19. The summed E-state index contributed by atoms with van der Waals surface area (Å²) in [4.78, 5) is 30.5. The SMILES string of the molecule is CCCCOc1cccc(C2C(=C(O)c3ccc(OC)cc3)C(=O)C(=O)N2CCCN2CCOCC2)c1. The number of likely N-dealkylation sites (tertiary alicyclic amines) is 1. The number of hydrogen-bond donors (Lipinski definition) is 1. The number of unbranched alkanes of at least 4 members (excludes halogenated alkanes) is 1. The van der Waals surface area contributed by atoms with Crippen molar-refractivity contribution in [3.8, 4) is 11.5 Å². The van der Waals surface area contributed by atoms with Crippen molar-refractivity contribution in [3.63, 3.8) is 0 Å². The molecule has 2 heterocycles. The molecule has 2 aromatic carbocycles. The first-order chi connectivity index (χ1) is 18.0. The van der Waals surface area contributed by atoms with Gasteiger partial charge < -0.3 is 24.2 Å². The zero-order valence-electron chi connectivity index (χ0n) is 21.7. The highest BCUT2D eigenvalue weighted by atomic mass is 16.5. The molecule has 198 valence electrons. The summed E-state index contributed by atoms with van der Waals surface area (Å²) in [7, 11) is 1.56. The molecule has 2 aliphatic rings. The Morgan fingerprint density at radius 1 is 1.03 bits per heavy atom. The molecule has 8 nitrogen and oxygen atoms in total. The first-order valence-corrected chi connectivity index (χ1v) is 13.0. The second-order valence-electron chi connectivity index (χ2n) is 9.30. The topological polar surface area (TPSA) is 88.5 Å². The number of carbonyl (C=O) groups excluding carboxylic acids is 2. The van der Waals surface area contributed by atoms with E-state index in [4.69, 9.17) is 14.2 Å². The molecule has 8 heteroatoms. The van der Waals surface area contributed by atoms with Gasteiger partial charge in [0.25, 0.3) is 11.7 Å². The first-order valence-electron chi connectivity index (χ1n) is 13.0. The van der Waals surface area contributed by atoms with Crippen LogP contribution in [0.1, 0.15) is 43.4 Å². The zero-order chi connectivity index (χ0) is 26.2. The summed E-state index contributed by atoms with van der Waals surface area (Å²) in [5.74, 6) is -0.164. The summed E-state index contributed by atoms with van der Waals surface area (Å²) in [5, 5.41) is 11.3. The van der Waals surface area contributed by atoms with Crippen LogP contribution < -0.4 is 9.47 Å². The summed E-state index contributed by atoms with van der Waals surface area (Å²) in [6.07, 6.45) is 2.66. The molecular formula is C29H36N2O6. The van der Waals surface area contributed by atoms with E-state index in [0.29, 0.717) is 49.8 Å². The lowest BCUT2D eigenvalue weighted by Gasteiger charge is -2.29. The Morgan fingerprint density at radius 2 is 1.78 bits per heavy atom. The number of aliphatic hydroxyl groups excluding tert-OH is 1. The van der Waals surface area contributed by atoms with Crippen molar-refractivity contribution in [2.24, 2.45) is 0 Å². The zero-order valence-corrected chi connectivity index (χ0v) is 21.7. The van der Waals surface area contributed by atoms with E-state index in [9.17, 15) is 14.7 Å². The highest BCUT2D eigenvalue weighted by molar-refractivity contribution is 6.46. The van der Waals surface area contributed by atoms with E-state index in [0.717, 1.165) is 38.0 Å². The number of rotatable bonds is 11. The fraction of sp³-hybridized carbons (Fsp3) is 0.448. The van der Waals surface area contributed by atoms with Crippen LogP contribution >= 0.6 is 0 Å². The largest absolute Gasteiger partial charge is 0.507 e. The standard InChI is InChI=1S/C29H36N2O6/c1-3-4-17-37-24-8-5-7-22(20-24)26-25(27(32)21-9-11-23(35-2)12-10-21)28(33)29(34)31(26)14-6-13-30-15-18-36-19-16-30/h5,7-12,20,26,32H,3-4,6,13-19H2,1-2H3. The molecule has 1 N–H and O–H groups in total. The van der Waals surface area contributed by atoms with E-state index in [1.54, 1.807) is 36.3 Å². The fourth-order valence-electron chi connectivity index (χ4n) is 4.76. The number of ketones is 1. The van der Waals surface area contributed by atoms with Crippen molar-refractivity contribution in [1.29, 1.82) is 0 Å². The second-order valence-corrected chi connectivity index (χ2v) is 9.30. The number of methoxy groups -OCH3 is 1. The number of morpholine rings is 1. The van der Waals surface area contributed by atoms with Gasteiger partial charge in [0.15, 0.2) is 0 Å². The molecule has 2 fully saturated rings. The molecule has 0 bridgehead atoms. The Bertz CT molecular complexity index is 1110. The van der Waals surface area contributed by atoms with Gasteiger partial charge in [0.05, 0.1) is 38.5 Å². The van der Waals surface area contributed by atoms with E-state index in [1.165, 1.54) is 0 Å². The Labute approximate surface area is 218 Å². The van der Waals surface area contributed by atoms with Crippen molar-refractivity contribution in [1.82, 2.24) is 9.80 Å². The van der Waals surface area contributed by atoms with Gasteiger partial charge in [-0.15, -0.1) is 0 Å². The second kappa shape index (κ2) is 12.7. The van der Waals surface area contributed by atoms with Gasteiger partial charge in [-0.3, -0.25) is 14.5 Å². The number of hydrogen-bond acceptors (Lipinski definition) is 7. The normalized spacial score (nSPS) is 19.8. The van der Waals surface area contributed by atoms with Gasteiger partial charge in [0, 0.05) is 31.7 Å². The van der Waals surface area contributed by atoms with Crippen LogP contribution in [0.15, 0.2) is 54.1 Å². The predicted molar refractivity (Wildman–Crippen MR) is 141 cm³/mol. The maximum Gasteiger partial charge on any atom is 0.295 e. The molecule has 0 aliphatic carbocycles. The molecule has 2 aromatic rings. The maximum absolute atomic E-state index is 13.3. The average molecular weight is 509 g/mol. The summed E-state index contributed by atoms with van der Waals surface area (Å²) >= 11 is 0. The van der Waals surface area contributed by atoms with Crippen molar-refractivity contribution in [3.05, 3.63) is 65.2 Å². The van der Waals surface area contributed by atoms with Crippen LogP contribution in [-0.4, -0.2) is 79.7 Å². The van der Waals surface area contributed by atoms with Gasteiger partial charge in [0.2, 0.25) is 0 Å². The quantitative estimate of drug-likeness (QED) is 0.212. The van der Waals surface area contributed by atoms with Crippen LogP contribution in [0.4, 0.5) is 0 Å². The van der Waals surface area contributed by atoms with Crippen LogP contribution in [0.3, 0.4) is 0 Å². The third-order valence-corrected chi connectivity index (χ3v) is 6.82. The minimum Gasteiger partial charge on any atom is -0.507 e. The maximum atomic E-state index is 13.3. The molecule has 0 saturated carbocycles. The predicted octanol–water partition coefficient (Wildman–Crippen LogP) is 4.02. The average Bonchev–Trinajstić information content (AvgIpc) is 3.19. The molecule has 2 aliphatic heterocycles. The molecule has 0 aromatic heterocycles. The molecule has 0 spiro atoms. The third kappa shape index (κ3) is 6.32. The summed E-state index contributed by atoms with van der Waals surface area (Å²) in [6.45, 7) is 7.02. The molecular weight excluding hydrogens is 472 g/mol. The van der Waals surface area contributed by atoms with Gasteiger partial charge in [0.1, 0.15) is 17.3 Å². The Morgan fingerprint density at radius 3 is 2.49 bits per heavy atom. The van der Waals surface area contributed by atoms with Crippen LogP contribution in [0.5, 0.6) is 11.5 Å². The lowest BCUT2D eigenvalue weighted by molar-refractivity contribution is -0.140. The number of ether oxygens (including phenoxy) is 3. The monoisotopic (exact) mass is 508 g/mol. The first kappa shape index (κ1) is 26.7. The number of amides is 1. The number of nitrogens with zero attached hydrogens (tertiary/aromatic N) is 2. The molecule has 1 unspecified atom stereocenters. The van der Waals surface area contributed by atoms with Crippen LogP contribution in [0, 0.1) is 0 Å². The van der Waals surface area contributed by atoms with Gasteiger partial charge in [-0.05, 0) is 54.8 Å². The third-order valence-electron chi connectivity index (χ3n) is 6.82. The summed E-state index contributed by atoms with van der Waals surface area (Å²) in [6, 6.07) is 13.5. The minimum absolute atomic E-state index is 0.0900. The highest BCUT2D eigenvalue weighted by Crippen LogP contribution is 2.40. The van der Waals surface area contributed by atoms with Crippen molar-refractivity contribution >= 4 is 17.4 Å². The molecule has 4 rings (SSSR count). The van der Waals surface area contributed by atoms with Gasteiger partial charge in [-0.25, -0.2) is 0 Å². The van der Waals surface area contributed by atoms with Gasteiger partial charge in [-0.1, -0.05) is 25.5 Å². The number of benzene rings is 2. The molecule has 1 atom stereocenters. The fourth-order valence-corrected chi connectivity index (χ4v) is 4.76. The van der Waals surface area contributed by atoms with E-state index in [2.05, 4.69) is 11.8 Å².